The van der Waals surface area contributed by atoms with Crippen molar-refractivity contribution in [1.29, 1.82) is 0 Å². The van der Waals surface area contributed by atoms with Gasteiger partial charge in [-0.2, -0.15) is 0 Å². The van der Waals surface area contributed by atoms with Crippen LogP contribution in [0.5, 0.6) is 5.75 Å². The summed E-state index contributed by atoms with van der Waals surface area (Å²) in [6, 6.07) is 18.9. The molecule has 0 radical (unpaired) electrons. The zero-order chi connectivity index (χ0) is 15.1. The summed E-state index contributed by atoms with van der Waals surface area (Å²) in [6.07, 6.45) is 0. The van der Waals surface area contributed by atoms with Gasteiger partial charge in [0.25, 0.3) is 0 Å². The van der Waals surface area contributed by atoms with E-state index in [1.165, 1.54) is 11.1 Å². The van der Waals surface area contributed by atoms with Crippen LogP contribution in [0, 0.1) is 0 Å². The smallest absolute Gasteiger partial charge is 0.118 e. The van der Waals surface area contributed by atoms with Crippen LogP contribution >= 0.6 is 0 Å². The second-order valence-electron chi connectivity index (χ2n) is 5.08. The van der Waals surface area contributed by atoms with Crippen molar-refractivity contribution in [2.45, 2.75) is 19.0 Å². The zero-order valence-corrected chi connectivity index (χ0v) is 12.9. The minimum Gasteiger partial charge on any atom is -0.497 e. The summed E-state index contributed by atoms with van der Waals surface area (Å²) in [6.45, 7) is 2.80. The Morgan fingerprint density at radius 3 is 2.14 bits per heavy atom. The number of methoxy groups -OCH3 is 2. The van der Waals surface area contributed by atoms with Crippen molar-refractivity contribution in [3.05, 3.63) is 65.7 Å². The molecule has 2 atom stereocenters. The molecular formula is C18H23NO2. The van der Waals surface area contributed by atoms with Crippen molar-refractivity contribution in [2.24, 2.45) is 0 Å². The Labute approximate surface area is 126 Å². The van der Waals surface area contributed by atoms with Gasteiger partial charge in [-0.3, -0.25) is 0 Å². The number of benzene rings is 2. The van der Waals surface area contributed by atoms with Crippen molar-refractivity contribution < 1.29 is 9.47 Å². The summed E-state index contributed by atoms with van der Waals surface area (Å²) in [7, 11) is 3.41. The molecular weight excluding hydrogens is 262 g/mol. The third-order valence-corrected chi connectivity index (χ3v) is 3.60. The quantitative estimate of drug-likeness (QED) is 0.840. The fourth-order valence-corrected chi connectivity index (χ4v) is 2.38. The van der Waals surface area contributed by atoms with Crippen molar-refractivity contribution in [2.75, 3.05) is 20.8 Å². The van der Waals surface area contributed by atoms with Crippen LogP contribution in [0.15, 0.2) is 54.6 Å². The first-order chi connectivity index (χ1) is 10.2. The predicted octanol–water partition coefficient (Wildman–Crippen LogP) is 3.73. The van der Waals surface area contributed by atoms with Gasteiger partial charge in [0.05, 0.1) is 19.8 Å². The molecule has 0 fully saturated rings. The molecule has 2 aromatic rings. The lowest BCUT2D eigenvalue weighted by molar-refractivity contribution is 0.162. The van der Waals surface area contributed by atoms with Crippen LogP contribution < -0.4 is 10.1 Å². The molecule has 0 aromatic heterocycles. The van der Waals surface area contributed by atoms with E-state index in [0.29, 0.717) is 6.61 Å². The van der Waals surface area contributed by atoms with E-state index in [2.05, 4.69) is 48.6 Å². The lowest BCUT2D eigenvalue weighted by Gasteiger charge is -2.23. The highest BCUT2D eigenvalue weighted by Gasteiger charge is 2.15. The second-order valence-corrected chi connectivity index (χ2v) is 5.08. The van der Waals surface area contributed by atoms with Crippen LogP contribution in [-0.4, -0.2) is 20.8 Å². The van der Waals surface area contributed by atoms with Gasteiger partial charge in [-0.15, -0.1) is 0 Å². The Balaban J connectivity index is 2.08. The van der Waals surface area contributed by atoms with Gasteiger partial charge in [-0.25, -0.2) is 0 Å². The molecule has 0 aliphatic carbocycles. The second kappa shape index (κ2) is 7.81. The molecule has 0 aliphatic rings. The largest absolute Gasteiger partial charge is 0.497 e. The number of ether oxygens (including phenoxy) is 2. The van der Waals surface area contributed by atoms with E-state index in [1.54, 1.807) is 14.2 Å². The average Bonchev–Trinajstić information content (AvgIpc) is 2.55. The fraction of sp³-hybridized carbons (Fsp3) is 0.333. The summed E-state index contributed by atoms with van der Waals surface area (Å²) >= 11 is 0. The molecule has 2 rings (SSSR count). The normalized spacial score (nSPS) is 13.7. The predicted molar refractivity (Wildman–Crippen MR) is 85.6 cm³/mol. The van der Waals surface area contributed by atoms with E-state index >= 15 is 0 Å². The van der Waals surface area contributed by atoms with Gasteiger partial charge in [0, 0.05) is 13.2 Å². The molecule has 0 bridgehead atoms. The van der Waals surface area contributed by atoms with E-state index in [1.807, 2.05) is 18.2 Å². The molecule has 2 aromatic carbocycles. The summed E-state index contributed by atoms with van der Waals surface area (Å²) in [5.41, 5.74) is 2.47. The lowest BCUT2D eigenvalue weighted by atomic mass is 10.0. The van der Waals surface area contributed by atoms with E-state index in [0.717, 1.165) is 5.75 Å². The van der Waals surface area contributed by atoms with E-state index < -0.39 is 0 Å². The number of hydrogen-bond acceptors (Lipinski definition) is 3. The van der Waals surface area contributed by atoms with Crippen LogP contribution in [0.1, 0.15) is 30.1 Å². The van der Waals surface area contributed by atoms with Crippen LogP contribution in [-0.2, 0) is 4.74 Å². The number of hydrogen-bond donors (Lipinski definition) is 1. The zero-order valence-electron chi connectivity index (χ0n) is 12.9. The first-order valence-corrected chi connectivity index (χ1v) is 7.18. The maximum absolute atomic E-state index is 5.35. The topological polar surface area (TPSA) is 30.5 Å². The monoisotopic (exact) mass is 285 g/mol. The van der Waals surface area contributed by atoms with Gasteiger partial charge >= 0.3 is 0 Å². The summed E-state index contributed by atoms with van der Waals surface area (Å²) in [4.78, 5) is 0. The van der Waals surface area contributed by atoms with Gasteiger partial charge < -0.3 is 14.8 Å². The van der Waals surface area contributed by atoms with Crippen LogP contribution in [0.3, 0.4) is 0 Å². The molecule has 1 N–H and O–H groups in total. The summed E-state index contributed by atoms with van der Waals surface area (Å²) < 4.78 is 10.5. The number of nitrogens with one attached hydrogen (secondary N) is 1. The highest BCUT2D eigenvalue weighted by molar-refractivity contribution is 5.29. The molecule has 0 aliphatic heterocycles. The average molecular weight is 285 g/mol. The molecule has 21 heavy (non-hydrogen) atoms. The van der Waals surface area contributed by atoms with E-state index in [9.17, 15) is 0 Å². The minimum atomic E-state index is 0.174. The number of rotatable bonds is 7. The molecule has 0 saturated heterocycles. The first kappa shape index (κ1) is 15.5. The van der Waals surface area contributed by atoms with Gasteiger partial charge in [-0.05, 0) is 30.2 Å². The molecule has 2 unspecified atom stereocenters. The van der Waals surface area contributed by atoms with E-state index in [-0.39, 0.29) is 12.1 Å². The Kier molecular flexibility index (Phi) is 5.78. The maximum Gasteiger partial charge on any atom is 0.118 e. The summed E-state index contributed by atoms with van der Waals surface area (Å²) in [5.74, 6) is 0.877. The Morgan fingerprint density at radius 2 is 1.57 bits per heavy atom. The molecule has 3 heteroatoms. The molecule has 0 saturated carbocycles. The third kappa shape index (κ3) is 4.31. The molecule has 0 spiro atoms. The standard InChI is InChI=1S/C18H23NO2/c1-14(15-9-11-17(21-3)12-10-15)19-18(13-20-2)16-7-5-4-6-8-16/h4-12,14,18-19H,13H2,1-3H3. The fourth-order valence-electron chi connectivity index (χ4n) is 2.38. The van der Waals surface area contributed by atoms with Crippen LogP contribution in [0.25, 0.3) is 0 Å². The van der Waals surface area contributed by atoms with Gasteiger partial charge in [-0.1, -0.05) is 42.5 Å². The van der Waals surface area contributed by atoms with Gasteiger partial charge in [0.1, 0.15) is 5.75 Å². The Morgan fingerprint density at radius 1 is 0.905 bits per heavy atom. The highest BCUT2D eigenvalue weighted by Crippen LogP contribution is 2.21. The molecule has 0 heterocycles. The molecule has 3 nitrogen and oxygen atoms in total. The van der Waals surface area contributed by atoms with E-state index in [4.69, 9.17) is 9.47 Å². The molecule has 112 valence electrons. The van der Waals surface area contributed by atoms with Crippen LogP contribution in [0.4, 0.5) is 0 Å². The van der Waals surface area contributed by atoms with Crippen molar-refractivity contribution >= 4 is 0 Å². The summed E-state index contributed by atoms with van der Waals surface area (Å²) in [5, 5.41) is 3.62. The highest BCUT2D eigenvalue weighted by atomic mass is 16.5. The Bertz CT molecular complexity index is 525. The maximum atomic E-state index is 5.35. The lowest BCUT2D eigenvalue weighted by Crippen LogP contribution is -2.28. The van der Waals surface area contributed by atoms with Gasteiger partial charge in [0.15, 0.2) is 0 Å². The van der Waals surface area contributed by atoms with Gasteiger partial charge in [0.2, 0.25) is 0 Å². The van der Waals surface area contributed by atoms with Crippen molar-refractivity contribution in [1.82, 2.24) is 5.32 Å². The Hall–Kier alpha value is -1.84. The minimum absolute atomic E-state index is 0.174. The van der Waals surface area contributed by atoms with Crippen LogP contribution in [0.2, 0.25) is 0 Å². The van der Waals surface area contributed by atoms with Crippen molar-refractivity contribution in [3.8, 4) is 5.75 Å². The van der Waals surface area contributed by atoms with Crippen molar-refractivity contribution in [3.63, 3.8) is 0 Å². The SMILES string of the molecule is COCC(NC(C)c1ccc(OC)cc1)c1ccccc1. The first-order valence-electron chi connectivity index (χ1n) is 7.18. The molecule has 0 amide bonds. The third-order valence-electron chi connectivity index (χ3n) is 3.60.